The van der Waals surface area contributed by atoms with Crippen molar-refractivity contribution < 1.29 is 28.7 Å². The summed E-state index contributed by atoms with van der Waals surface area (Å²) in [7, 11) is 0. The van der Waals surface area contributed by atoms with Crippen molar-refractivity contribution in [3.05, 3.63) is 16.3 Å². The van der Waals surface area contributed by atoms with E-state index < -0.39 is 16.6 Å². The van der Waals surface area contributed by atoms with Gasteiger partial charge in [0.05, 0.1) is 6.54 Å². The van der Waals surface area contributed by atoms with Gasteiger partial charge in [-0.05, 0) is 25.7 Å². The molecular weight excluding hydrogens is 386 g/mol. The van der Waals surface area contributed by atoms with E-state index in [-0.39, 0.29) is 37.0 Å². The first-order valence-electron chi connectivity index (χ1n) is 9.34. The lowest BCUT2D eigenvalue weighted by Gasteiger charge is -2.35. The largest absolute Gasteiger partial charge is 0.444 e. The first-order valence-corrected chi connectivity index (χ1v) is 9.34. The Morgan fingerprint density at radius 1 is 1.28 bits per heavy atom. The minimum Gasteiger partial charge on any atom is -0.444 e. The Balaban J connectivity index is 1.42. The van der Waals surface area contributed by atoms with Crippen molar-refractivity contribution in [1.29, 1.82) is 0 Å². The van der Waals surface area contributed by atoms with E-state index in [1.807, 2.05) is 20.8 Å². The maximum absolute atomic E-state index is 12.4. The third-order valence-electron chi connectivity index (χ3n) is 4.44. The molecule has 2 amide bonds. The topological polar surface area (TPSA) is 129 Å². The molecule has 12 nitrogen and oxygen atoms in total. The molecular formula is C17H25N5O7. The highest BCUT2D eigenvalue weighted by Crippen LogP contribution is 2.22. The molecule has 0 N–H and O–H groups in total. The van der Waals surface area contributed by atoms with E-state index in [1.165, 1.54) is 10.8 Å². The Morgan fingerprint density at radius 3 is 2.55 bits per heavy atom. The van der Waals surface area contributed by atoms with Gasteiger partial charge in [-0.1, -0.05) is 0 Å². The van der Waals surface area contributed by atoms with E-state index in [9.17, 15) is 19.7 Å². The van der Waals surface area contributed by atoms with Crippen molar-refractivity contribution in [1.82, 2.24) is 19.4 Å². The molecule has 1 saturated heterocycles. The lowest BCUT2D eigenvalue weighted by atomic mass is 10.2. The zero-order chi connectivity index (χ0) is 21.2. The van der Waals surface area contributed by atoms with Gasteiger partial charge in [-0.15, -0.1) is 0 Å². The van der Waals surface area contributed by atoms with Crippen molar-refractivity contribution in [3.8, 4) is 6.01 Å². The predicted molar refractivity (Wildman–Crippen MR) is 98.5 cm³/mol. The van der Waals surface area contributed by atoms with E-state index in [2.05, 4.69) is 4.98 Å². The molecule has 2 aliphatic rings. The normalized spacial score (nSPS) is 19.3. The molecule has 3 rings (SSSR count). The highest BCUT2D eigenvalue weighted by molar-refractivity contribution is 5.78. The molecule has 0 aliphatic carbocycles. The third kappa shape index (κ3) is 5.34. The lowest BCUT2D eigenvalue weighted by molar-refractivity contribution is -0.389. The summed E-state index contributed by atoms with van der Waals surface area (Å²) in [6, 6.07) is 0.168. The number of rotatable bonds is 4. The highest BCUT2D eigenvalue weighted by Gasteiger charge is 2.30. The fourth-order valence-electron chi connectivity index (χ4n) is 3.01. The predicted octanol–water partition coefficient (Wildman–Crippen LogP) is 0.648. The van der Waals surface area contributed by atoms with Gasteiger partial charge in [0.15, 0.2) is 0 Å². The second-order valence-corrected chi connectivity index (χ2v) is 7.88. The van der Waals surface area contributed by atoms with Crippen LogP contribution in [0.3, 0.4) is 0 Å². The van der Waals surface area contributed by atoms with Crippen LogP contribution in [0.5, 0.6) is 6.01 Å². The number of nitrogens with zero attached hydrogens (tertiary/aromatic N) is 5. The fraction of sp³-hybridized carbons (Fsp3) is 0.706. The average Bonchev–Trinajstić information content (AvgIpc) is 3.08. The van der Waals surface area contributed by atoms with E-state index in [4.69, 9.17) is 14.2 Å². The standard InChI is InChI=1S/C17H25N5O7/c1-17(2,3)29-16(24)20-6-4-19(5-7-20)14(23)11-27-12-8-21-9-13(22(25)26)18-15(21)28-10-12/h9,12H,4-8,10-11H2,1-3H3/t12-/m0/s1. The van der Waals surface area contributed by atoms with Gasteiger partial charge in [0.2, 0.25) is 5.91 Å². The smallest absolute Gasteiger partial charge is 0.414 e. The number of amides is 2. The molecule has 0 bridgehead atoms. The van der Waals surface area contributed by atoms with Crippen molar-refractivity contribution in [2.24, 2.45) is 0 Å². The molecule has 1 atom stereocenters. The second kappa shape index (κ2) is 8.23. The minimum absolute atomic E-state index is 0.132. The molecule has 1 aromatic heterocycles. The summed E-state index contributed by atoms with van der Waals surface area (Å²) in [5, 5.41) is 10.8. The maximum Gasteiger partial charge on any atom is 0.414 e. The van der Waals surface area contributed by atoms with Crippen LogP contribution < -0.4 is 4.74 Å². The van der Waals surface area contributed by atoms with E-state index in [0.29, 0.717) is 32.7 Å². The van der Waals surface area contributed by atoms with Gasteiger partial charge >= 0.3 is 17.9 Å². The van der Waals surface area contributed by atoms with Crippen molar-refractivity contribution in [3.63, 3.8) is 0 Å². The SMILES string of the molecule is CC(C)(C)OC(=O)N1CCN(C(=O)CO[C@@H]2COc3nc([N+](=O)[O-])cn3C2)CC1. The van der Waals surface area contributed by atoms with E-state index >= 15 is 0 Å². The Kier molecular flexibility index (Phi) is 5.91. The quantitative estimate of drug-likeness (QED) is 0.521. The molecule has 29 heavy (non-hydrogen) atoms. The number of fused-ring (bicyclic) bond motifs is 1. The second-order valence-electron chi connectivity index (χ2n) is 7.88. The van der Waals surface area contributed by atoms with Gasteiger partial charge in [-0.25, -0.2) is 4.79 Å². The number of hydrogen-bond donors (Lipinski definition) is 0. The molecule has 12 heteroatoms. The first-order chi connectivity index (χ1) is 13.6. The van der Waals surface area contributed by atoms with E-state index in [0.717, 1.165) is 0 Å². The van der Waals surface area contributed by atoms with Crippen LogP contribution in [0.1, 0.15) is 20.8 Å². The molecule has 1 aromatic rings. The molecule has 160 valence electrons. The van der Waals surface area contributed by atoms with E-state index in [1.54, 1.807) is 9.80 Å². The van der Waals surface area contributed by atoms with Gasteiger partial charge < -0.3 is 34.1 Å². The Morgan fingerprint density at radius 2 is 1.93 bits per heavy atom. The van der Waals surface area contributed by atoms with Gasteiger partial charge in [0.1, 0.15) is 31.1 Å². The Hall–Kier alpha value is -2.89. The summed E-state index contributed by atoms with van der Waals surface area (Å²) in [5.74, 6) is -0.476. The number of piperazine rings is 1. The average molecular weight is 411 g/mol. The van der Waals surface area contributed by atoms with Gasteiger partial charge in [0, 0.05) is 31.2 Å². The van der Waals surface area contributed by atoms with Crippen LogP contribution >= 0.6 is 0 Å². The van der Waals surface area contributed by atoms with Crippen LogP contribution in [-0.4, -0.2) is 87.4 Å². The number of nitro groups is 1. The van der Waals surface area contributed by atoms with Gasteiger partial charge in [0.25, 0.3) is 0 Å². The first kappa shape index (κ1) is 20.8. The Bertz CT molecular complexity index is 780. The zero-order valence-corrected chi connectivity index (χ0v) is 16.7. The monoisotopic (exact) mass is 411 g/mol. The van der Waals surface area contributed by atoms with Crippen molar-refractivity contribution >= 4 is 17.8 Å². The summed E-state index contributed by atoms with van der Waals surface area (Å²) >= 11 is 0. The third-order valence-corrected chi connectivity index (χ3v) is 4.44. The van der Waals surface area contributed by atoms with Crippen LogP contribution in [0.4, 0.5) is 10.6 Å². The zero-order valence-electron chi connectivity index (χ0n) is 16.7. The van der Waals surface area contributed by atoms with Crippen LogP contribution in [0.15, 0.2) is 6.20 Å². The number of hydrogen-bond acceptors (Lipinski definition) is 8. The molecule has 0 aromatic carbocycles. The van der Waals surface area contributed by atoms with Crippen LogP contribution in [-0.2, 0) is 20.8 Å². The summed E-state index contributed by atoms with van der Waals surface area (Å²) in [6.45, 7) is 7.37. The highest BCUT2D eigenvalue weighted by atomic mass is 16.6. The molecule has 0 radical (unpaired) electrons. The van der Waals surface area contributed by atoms with Crippen LogP contribution in [0.25, 0.3) is 0 Å². The molecule has 0 spiro atoms. The lowest BCUT2D eigenvalue weighted by Crippen LogP contribution is -2.52. The van der Waals surface area contributed by atoms with Gasteiger partial charge in [-0.2, -0.15) is 0 Å². The van der Waals surface area contributed by atoms with Gasteiger partial charge in [-0.3, -0.25) is 9.36 Å². The maximum atomic E-state index is 12.4. The summed E-state index contributed by atoms with van der Waals surface area (Å²) in [4.78, 5) is 41.7. The molecule has 3 heterocycles. The van der Waals surface area contributed by atoms with Crippen molar-refractivity contribution in [2.75, 3.05) is 39.4 Å². The fourth-order valence-corrected chi connectivity index (χ4v) is 3.01. The van der Waals surface area contributed by atoms with Crippen molar-refractivity contribution in [2.45, 2.75) is 39.0 Å². The Labute approximate surface area is 167 Å². The number of aromatic nitrogens is 2. The summed E-state index contributed by atoms with van der Waals surface area (Å²) in [5.41, 5.74) is -0.560. The molecule has 1 fully saturated rings. The van der Waals surface area contributed by atoms with Crippen LogP contribution in [0.2, 0.25) is 0 Å². The number of carbonyl (C=O) groups is 2. The number of imidazole rings is 1. The van der Waals surface area contributed by atoms with Crippen LogP contribution in [0, 0.1) is 10.1 Å². The number of ether oxygens (including phenoxy) is 3. The summed E-state index contributed by atoms with van der Waals surface area (Å²) in [6.07, 6.45) is 0.483. The summed E-state index contributed by atoms with van der Waals surface area (Å²) < 4.78 is 17.8. The molecule has 0 unspecified atom stereocenters. The number of carbonyl (C=O) groups excluding carboxylic acids is 2. The molecule has 2 aliphatic heterocycles. The molecule has 0 saturated carbocycles. The minimum atomic E-state index is -0.592.